The molecular formula is C23H23N3O6S. The van der Waals surface area contributed by atoms with Crippen LogP contribution in [0.15, 0.2) is 77.7 Å². The Labute approximate surface area is 191 Å². The molecule has 3 aromatic carbocycles. The van der Waals surface area contributed by atoms with Crippen LogP contribution in [-0.2, 0) is 14.8 Å². The Morgan fingerprint density at radius 2 is 1.61 bits per heavy atom. The third-order valence-electron chi connectivity index (χ3n) is 4.50. The van der Waals surface area contributed by atoms with Crippen LogP contribution >= 0.6 is 0 Å². The van der Waals surface area contributed by atoms with Crippen molar-refractivity contribution in [3.05, 3.63) is 78.4 Å². The minimum atomic E-state index is -3.83. The number of hydrogen-bond donors (Lipinski definition) is 3. The molecule has 0 aliphatic carbocycles. The summed E-state index contributed by atoms with van der Waals surface area (Å²) in [6.45, 7) is -0.212. The first kappa shape index (κ1) is 23.8. The van der Waals surface area contributed by atoms with Crippen molar-refractivity contribution < 1.29 is 27.5 Å². The lowest BCUT2D eigenvalue weighted by molar-refractivity contribution is -0.118. The van der Waals surface area contributed by atoms with Crippen LogP contribution in [0.5, 0.6) is 11.5 Å². The molecule has 10 heteroatoms. The average molecular weight is 470 g/mol. The van der Waals surface area contributed by atoms with Gasteiger partial charge in [-0.15, -0.1) is 0 Å². The summed E-state index contributed by atoms with van der Waals surface area (Å²) in [6.07, 6.45) is 0. The maximum absolute atomic E-state index is 12.7. The van der Waals surface area contributed by atoms with Crippen LogP contribution in [0.2, 0.25) is 0 Å². The summed E-state index contributed by atoms with van der Waals surface area (Å²) in [4.78, 5) is 24.6. The van der Waals surface area contributed by atoms with E-state index in [0.29, 0.717) is 17.1 Å². The van der Waals surface area contributed by atoms with Crippen LogP contribution in [0.3, 0.4) is 0 Å². The second kappa shape index (κ2) is 10.6. The Kier molecular flexibility index (Phi) is 7.65. The van der Waals surface area contributed by atoms with Crippen LogP contribution < -0.4 is 24.8 Å². The van der Waals surface area contributed by atoms with Crippen LogP contribution in [0, 0.1) is 0 Å². The third kappa shape index (κ3) is 6.31. The molecule has 0 atom stereocenters. The molecule has 0 fully saturated rings. The molecular weight excluding hydrogens is 446 g/mol. The highest BCUT2D eigenvalue weighted by Gasteiger charge is 2.20. The van der Waals surface area contributed by atoms with Crippen molar-refractivity contribution in [1.82, 2.24) is 4.72 Å². The number of amides is 2. The van der Waals surface area contributed by atoms with Gasteiger partial charge in [0.25, 0.3) is 11.8 Å². The van der Waals surface area contributed by atoms with E-state index in [9.17, 15) is 18.0 Å². The predicted molar refractivity (Wildman–Crippen MR) is 124 cm³/mol. The number of anilines is 2. The number of benzene rings is 3. The highest BCUT2D eigenvalue weighted by atomic mass is 32.2. The fourth-order valence-electron chi connectivity index (χ4n) is 2.87. The minimum Gasteiger partial charge on any atom is -0.495 e. The number of nitrogens with one attached hydrogen (secondary N) is 3. The molecule has 0 heterocycles. The van der Waals surface area contributed by atoms with Crippen molar-refractivity contribution in [3.8, 4) is 11.5 Å². The lowest BCUT2D eigenvalue weighted by Gasteiger charge is -2.12. The van der Waals surface area contributed by atoms with Gasteiger partial charge in [-0.05, 0) is 49.5 Å². The summed E-state index contributed by atoms with van der Waals surface area (Å²) in [7, 11) is -1.21. The van der Waals surface area contributed by atoms with Gasteiger partial charge < -0.3 is 20.1 Å². The molecule has 9 nitrogen and oxygen atoms in total. The molecule has 0 saturated carbocycles. The summed E-state index contributed by atoms with van der Waals surface area (Å²) < 4.78 is 37.3. The van der Waals surface area contributed by atoms with E-state index in [-0.39, 0.29) is 28.7 Å². The van der Waals surface area contributed by atoms with E-state index in [1.165, 1.54) is 32.4 Å². The van der Waals surface area contributed by atoms with Crippen molar-refractivity contribution in [2.45, 2.75) is 4.90 Å². The zero-order valence-corrected chi connectivity index (χ0v) is 18.8. The van der Waals surface area contributed by atoms with Gasteiger partial charge in [0.1, 0.15) is 16.4 Å². The first-order chi connectivity index (χ1) is 15.8. The minimum absolute atomic E-state index is 0.116. The van der Waals surface area contributed by atoms with Gasteiger partial charge in [0, 0.05) is 23.0 Å². The molecule has 3 aromatic rings. The lowest BCUT2D eigenvalue weighted by Crippen LogP contribution is -2.21. The molecule has 0 spiro atoms. The molecule has 172 valence electrons. The van der Waals surface area contributed by atoms with Gasteiger partial charge >= 0.3 is 0 Å². The summed E-state index contributed by atoms with van der Waals surface area (Å²) in [5, 5.41) is 5.40. The zero-order valence-electron chi connectivity index (χ0n) is 18.0. The fourth-order valence-corrected chi connectivity index (χ4v) is 3.79. The van der Waals surface area contributed by atoms with Gasteiger partial charge in [0.15, 0.2) is 6.61 Å². The topological polar surface area (TPSA) is 123 Å². The van der Waals surface area contributed by atoms with E-state index in [2.05, 4.69) is 15.4 Å². The molecule has 3 rings (SSSR count). The van der Waals surface area contributed by atoms with Crippen LogP contribution in [-0.4, -0.2) is 41.0 Å². The molecule has 2 amide bonds. The van der Waals surface area contributed by atoms with Gasteiger partial charge in [0.05, 0.1) is 7.11 Å². The van der Waals surface area contributed by atoms with Crippen LogP contribution in [0.25, 0.3) is 0 Å². The van der Waals surface area contributed by atoms with Gasteiger partial charge in [-0.2, -0.15) is 0 Å². The Balaban J connectivity index is 1.67. The molecule has 0 saturated heterocycles. The van der Waals surface area contributed by atoms with E-state index in [4.69, 9.17) is 9.47 Å². The van der Waals surface area contributed by atoms with Gasteiger partial charge in [-0.1, -0.05) is 24.3 Å². The first-order valence-electron chi connectivity index (χ1n) is 9.83. The quantitative estimate of drug-likeness (QED) is 0.443. The number of carbonyl (C=O) groups is 2. The number of sulfonamides is 1. The average Bonchev–Trinajstić information content (AvgIpc) is 2.83. The fraction of sp³-hybridized carbons (Fsp3) is 0.130. The van der Waals surface area contributed by atoms with E-state index in [0.717, 1.165) is 0 Å². The number of ether oxygens (including phenoxy) is 2. The maximum Gasteiger partial charge on any atom is 0.262 e. The van der Waals surface area contributed by atoms with E-state index >= 15 is 0 Å². The molecule has 3 N–H and O–H groups in total. The molecule has 0 aliphatic heterocycles. The molecule has 0 unspecified atom stereocenters. The number of hydrogen-bond acceptors (Lipinski definition) is 6. The second-order valence-electron chi connectivity index (χ2n) is 6.76. The van der Waals surface area contributed by atoms with Crippen molar-refractivity contribution in [3.63, 3.8) is 0 Å². The SMILES string of the molecule is CNS(=O)(=O)c1cc(C(=O)Nc2cccc(OCC(=O)Nc3ccccc3)c2)ccc1OC. The summed E-state index contributed by atoms with van der Waals surface area (Å²) in [5.74, 6) is -0.356. The van der Waals surface area contributed by atoms with E-state index in [1.807, 2.05) is 18.2 Å². The van der Waals surface area contributed by atoms with Gasteiger partial charge in [-0.3, -0.25) is 9.59 Å². The number of rotatable bonds is 9. The first-order valence-corrected chi connectivity index (χ1v) is 11.3. The zero-order chi connectivity index (χ0) is 23.8. The van der Waals surface area contributed by atoms with Crippen LogP contribution in [0.4, 0.5) is 11.4 Å². The Hall–Kier alpha value is -3.89. The second-order valence-corrected chi connectivity index (χ2v) is 8.61. The smallest absolute Gasteiger partial charge is 0.262 e. The lowest BCUT2D eigenvalue weighted by atomic mass is 10.2. The van der Waals surface area contributed by atoms with Crippen molar-refractivity contribution in [2.75, 3.05) is 31.4 Å². The normalized spacial score (nSPS) is 10.8. The Bertz CT molecular complexity index is 1250. The van der Waals surface area contributed by atoms with Gasteiger partial charge in [-0.25, -0.2) is 13.1 Å². The molecule has 0 radical (unpaired) electrons. The Morgan fingerprint density at radius 1 is 0.879 bits per heavy atom. The molecule has 0 bridgehead atoms. The standard InChI is InChI=1S/C23H23N3O6S/c1-24-33(29,30)21-13-16(11-12-20(21)31-2)23(28)26-18-9-6-10-19(14-18)32-15-22(27)25-17-7-4-3-5-8-17/h3-14,24H,15H2,1-2H3,(H,25,27)(H,26,28). The van der Waals surface area contributed by atoms with Crippen molar-refractivity contribution in [2.24, 2.45) is 0 Å². The largest absolute Gasteiger partial charge is 0.495 e. The monoisotopic (exact) mass is 469 g/mol. The number of methoxy groups -OCH3 is 1. The summed E-state index contributed by atoms with van der Waals surface area (Å²) in [5.41, 5.74) is 1.19. The Morgan fingerprint density at radius 3 is 2.30 bits per heavy atom. The maximum atomic E-state index is 12.7. The highest BCUT2D eigenvalue weighted by molar-refractivity contribution is 7.89. The number of carbonyl (C=O) groups excluding carboxylic acids is 2. The van der Waals surface area contributed by atoms with Crippen molar-refractivity contribution >= 4 is 33.2 Å². The van der Waals surface area contributed by atoms with E-state index in [1.54, 1.807) is 36.4 Å². The summed E-state index contributed by atoms with van der Waals surface area (Å²) >= 11 is 0. The van der Waals surface area contributed by atoms with Gasteiger partial charge in [0.2, 0.25) is 10.0 Å². The highest BCUT2D eigenvalue weighted by Crippen LogP contribution is 2.25. The van der Waals surface area contributed by atoms with Crippen molar-refractivity contribution in [1.29, 1.82) is 0 Å². The molecule has 33 heavy (non-hydrogen) atoms. The predicted octanol–water partition coefficient (Wildman–Crippen LogP) is 2.87. The molecule has 0 aliphatic rings. The number of para-hydroxylation sites is 1. The summed E-state index contributed by atoms with van der Waals surface area (Å²) in [6, 6.07) is 19.6. The third-order valence-corrected chi connectivity index (χ3v) is 5.94. The molecule has 0 aromatic heterocycles. The van der Waals surface area contributed by atoms with Crippen LogP contribution in [0.1, 0.15) is 10.4 Å². The van der Waals surface area contributed by atoms with E-state index < -0.39 is 15.9 Å².